The lowest BCUT2D eigenvalue weighted by Crippen LogP contribution is -2.41. The highest BCUT2D eigenvalue weighted by Gasteiger charge is 2.27. The summed E-state index contributed by atoms with van der Waals surface area (Å²) in [6, 6.07) is 20.5. The minimum Gasteiger partial charge on any atom is -0.342 e. The largest absolute Gasteiger partial charge is 0.342 e. The molecule has 4 nitrogen and oxygen atoms in total. The number of imidazole rings is 1. The summed E-state index contributed by atoms with van der Waals surface area (Å²) in [5.74, 6) is 1.78. The van der Waals surface area contributed by atoms with E-state index in [1.54, 1.807) is 0 Å². The summed E-state index contributed by atoms with van der Waals surface area (Å²) >= 11 is 0. The Bertz CT molecular complexity index is 941. The van der Waals surface area contributed by atoms with E-state index in [9.17, 15) is 4.79 Å². The molecular weight excluding hydrogens is 358 g/mol. The number of hydrogen-bond donors (Lipinski definition) is 0. The number of aromatic nitrogens is 2. The molecule has 2 aromatic carbocycles. The Morgan fingerprint density at radius 2 is 1.66 bits per heavy atom. The standard InChI is InChI=1S/C25H29N3O/c1-19-17-26-24(23-11-7-4-8-12-23)28(19)18-21-13-15-27(16-14-21)25(29)20(2)22-9-5-3-6-10-22/h3-12,17,20-21H,13-16,18H2,1-2H3. The maximum Gasteiger partial charge on any atom is 0.229 e. The number of nitrogens with zero attached hydrogens (tertiary/aromatic N) is 3. The average molecular weight is 388 g/mol. The van der Waals surface area contributed by atoms with Crippen LogP contribution < -0.4 is 0 Å². The quantitative estimate of drug-likeness (QED) is 0.624. The SMILES string of the molecule is Cc1cnc(-c2ccccc2)n1CC1CCN(C(=O)C(C)c2ccccc2)CC1. The highest BCUT2D eigenvalue weighted by atomic mass is 16.2. The van der Waals surface area contributed by atoms with Crippen LogP contribution in [0.15, 0.2) is 66.9 Å². The first kappa shape index (κ1) is 19.4. The van der Waals surface area contributed by atoms with E-state index in [0.717, 1.165) is 49.4 Å². The second-order valence-electron chi connectivity index (χ2n) is 8.10. The molecule has 4 heteroatoms. The molecule has 29 heavy (non-hydrogen) atoms. The Hall–Kier alpha value is -2.88. The normalized spacial score (nSPS) is 16.0. The lowest BCUT2D eigenvalue weighted by molar-refractivity contribution is -0.133. The highest BCUT2D eigenvalue weighted by molar-refractivity contribution is 5.83. The third kappa shape index (κ3) is 4.26. The van der Waals surface area contributed by atoms with Gasteiger partial charge in [-0.15, -0.1) is 0 Å². The van der Waals surface area contributed by atoms with Gasteiger partial charge in [-0.2, -0.15) is 0 Å². The van der Waals surface area contributed by atoms with E-state index in [1.165, 1.54) is 5.69 Å². The van der Waals surface area contributed by atoms with E-state index >= 15 is 0 Å². The molecule has 4 rings (SSSR count). The molecule has 0 bridgehead atoms. The van der Waals surface area contributed by atoms with Gasteiger partial charge in [0.05, 0.1) is 5.92 Å². The Kier molecular flexibility index (Phi) is 5.79. The molecule has 1 saturated heterocycles. The number of likely N-dealkylation sites (tertiary alicyclic amines) is 1. The van der Waals surface area contributed by atoms with Crippen LogP contribution in [0.2, 0.25) is 0 Å². The van der Waals surface area contributed by atoms with Crippen LogP contribution in [0.1, 0.15) is 36.9 Å². The fourth-order valence-electron chi connectivity index (χ4n) is 4.26. The lowest BCUT2D eigenvalue weighted by Gasteiger charge is -2.34. The third-order valence-electron chi connectivity index (χ3n) is 6.12. The molecule has 2 heterocycles. The van der Waals surface area contributed by atoms with Crippen molar-refractivity contribution in [1.82, 2.24) is 14.5 Å². The monoisotopic (exact) mass is 387 g/mol. The second-order valence-corrected chi connectivity index (χ2v) is 8.10. The second kappa shape index (κ2) is 8.64. The maximum absolute atomic E-state index is 12.9. The fourth-order valence-corrected chi connectivity index (χ4v) is 4.26. The van der Waals surface area contributed by atoms with Crippen molar-refractivity contribution in [3.8, 4) is 11.4 Å². The van der Waals surface area contributed by atoms with E-state index in [4.69, 9.17) is 0 Å². The molecular formula is C25H29N3O. The van der Waals surface area contributed by atoms with Gasteiger partial charge in [0.2, 0.25) is 5.91 Å². The first-order valence-corrected chi connectivity index (χ1v) is 10.5. The van der Waals surface area contributed by atoms with Crippen LogP contribution in [-0.2, 0) is 11.3 Å². The Labute approximate surface area is 173 Å². The minimum atomic E-state index is -0.0756. The summed E-state index contributed by atoms with van der Waals surface area (Å²) < 4.78 is 2.34. The molecule has 1 aliphatic rings. The van der Waals surface area contributed by atoms with Gasteiger partial charge in [-0.25, -0.2) is 4.98 Å². The number of benzene rings is 2. The molecule has 1 aliphatic heterocycles. The Morgan fingerprint density at radius 1 is 1.03 bits per heavy atom. The van der Waals surface area contributed by atoms with Crippen LogP contribution >= 0.6 is 0 Å². The summed E-state index contributed by atoms with van der Waals surface area (Å²) in [7, 11) is 0. The highest BCUT2D eigenvalue weighted by Crippen LogP contribution is 2.27. The molecule has 3 aromatic rings. The van der Waals surface area contributed by atoms with Crippen LogP contribution in [0.3, 0.4) is 0 Å². The smallest absolute Gasteiger partial charge is 0.229 e. The van der Waals surface area contributed by atoms with Gasteiger partial charge < -0.3 is 9.47 Å². The lowest BCUT2D eigenvalue weighted by atomic mass is 9.94. The van der Waals surface area contributed by atoms with Gasteiger partial charge >= 0.3 is 0 Å². The first-order valence-electron chi connectivity index (χ1n) is 10.5. The molecule has 1 aromatic heterocycles. The molecule has 0 N–H and O–H groups in total. The molecule has 1 atom stereocenters. The minimum absolute atomic E-state index is 0.0756. The average Bonchev–Trinajstić information content (AvgIpc) is 3.14. The predicted molar refractivity (Wildman–Crippen MR) is 117 cm³/mol. The topological polar surface area (TPSA) is 38.1 Å². The van der Waals surface area contributed by atoms with E-state index in [-0.39, 0.29) is 11.8 Å². The first-order chi connectivity index (χ1) is 14.1. The molecule has 0 aliphatic carbocycles. The fraction of sp³-hybridized carbons (Fsp3) is 0.360. The molecule has 1 fully saturated rings. The summed E-state index contributed by atoms with van der Waals surface area (Å²) in [5, 5.41) is 0. The van der Waals surface area contributed by atoms with Crippen molar-refractivity contribution >= 4 is 5.91 Å². The molecule has 0 radical (unpaired) electrons. The van der Waals surface area contributed by atoms with Crippen molar-refractivity contribution in [2.45, 2.75) is 39.2 Å². The van der Waals surface area contributed by atoms with E-state index in [2.05, 4.69) is 40.7 Å². The van der Waals surface area contributed by atoms with Crippen molar-refractivity contribution < 1.29 is 4.79 Å². The number of aryl methyl sites for hydroxylation is 1. The van der Waals surface area contributed by atoms with E-state index in [1.807, 2.05) is 54.4 Å². The van der Waals surface area contributed by atoms with Crippen LogP contribution in [0.5, 0.6) is 0 Å². The van der Waals surface area contributed by atoms with Crippen molar-refractivity contribution in [3.63, 3.8) is 0 Å². The number of hydrogen-bond acceptors (Lipinski definition) is 2. The third-order valence-corrected chi connectivity index (χ3v) is 6.12. The van der Waals surface area contributed by atoms with Crippen LogP contribution in [-0.4, -0.2) is 33.4 Å². The maximum atomic E-state index is 12.9. The van der Waals surface area contributed by atoms with Gasteiger partial charge in [0, 0.05) is 37.1 Å². The van der Waals surface area contributed by atoms with Gasteiger partial charge in [-0.1, -0.05) is 60.7 Å². The van der Waals surface area contributed by atoms with Crippen molar-refractivity contribution in [2.75, 3.05) is 13.1 Å². The number of carbonyl (C=O) groups excluding carboxylic acids is 1. The molecule has 0 saturated carbocycles. The zero-order valence-corrected chi connectivity index (χ0v) is 17.3. The van der Waals surface area contributed by atoms with Crippen LogP contribution in [0, 0.1) is 12.8 Å². The summed E-state index contributed by atoms with van der Waals surface area (Å²) in [5.41, 5.74) is 3.45. The van der Waals surface area contributed by atoms with Crippen molar-refractivity contribution in [2.24, 2.45) is 5.92 Å². The number of rotatable bonds is 5. The van der Waals surface area contributed by atoms with Gasteiger partial charge in [-0.3, -0.25) is 4.79 Å². The Morgan fingerprint density at radius 3 is 2.31 bits per heavy atom. The zero-order chi connectivity index (χ0) is 20.2. The summed E-state index contributed by atoms with van der Waals surface area (Å²) in [4.78, 5) is 19.6. The van der Waals surface area contributed by atoms with E-state index in [0.29, 0.717) is 5.92 Å². The van der Waals surface area contributed by atoms with Gasteiger partial charge in [0.25, 0.3) is 0 Å². The Balaban J connectivity index is 1.39. The van der Waals surface area contributed by atoms with Gasteiger partial charge in [-0.05, 0) is 38.2 Å². The van der Waals surface area contributed by atoms with E-state index < -0.39 is 0 Å². The van der Waals surface area contributed by atoms with Crippen molar-refractivity contribution in [1.29, 1.82) is 0 Å². The number of piperidine rings is 1. The molecule has 150 valence electrons. The van der Waals surface area contributed by atoms with Crippen LogP contribution in [0.25, 0.3) is 11.4 Å². The number of amides is 1. The molecule has 0 spiro atoms. The molecule has 1 amide bonds. The molecule has 1 unspecified atom stereocenters. The zero-order valence-electron chi connectivity index (χ0n) is 17.3. The summed E-state index contributed by atoms with van der Waals surface area (Å²) in [6.45, 7) is 6.79. The van der Waals surface area contributed by atoms with Gasteiger partial charge in [0.1, 0.15) is 5.82 Å². The predicted octanol–water partition coefficient (Wildman–Crippen LogP) is 4.90. The van der Waals surface area contributed by atoms with Crippen molar-refractivity contribution in [3.05, 3.63) is 78.1 Å². The summed E-state index contributed by atoms with van der Waals surface area (Å²) in [6.07, 6.45) is 4.04. The van der Waals surface area contributed by atoms with Crippen LogP contribution in [0.4, 0.5) is 0 Å². The van der Waals surface area contributed by atoms with Gasteiger partial charge in [0.15, 0.2) is 0 Å². The number of carbonyl (C=O) groups is 1.